The fourth-order valence-electron chi connectivity index (χ4n) is 2.78. The Bertz CT molecular complexity index is 438. The molecule has 0 saturated heterocycles. The molecule has 6 heteroatoms. The van der Waals surface area contributed by atoms with Gasteiger partial charge in [0.05, 0.1) is 0 Å². The van der Waals surface area contributed by atoms with Crippen molar-refractivity contribution in [1.29, 1.82) is 0 Å². The second-order valence-corrected chi connectivity index (χ2v) is 5.81. The first-order chi connectivity index (χ1) is 10.2. The molecule has 118 valence electrons. The molecule has 1 fully saturated rings. The maximum atomic E-state index is 4.59. The molecule has 1 aromatic rings. The minimum absolute atomic E-state index is 0.484. The Hall–Kier alpha value is -1.59. The van der Waals surface area contributed by atoms with Crippen LogP contribution in [-0.2, 0) is 0 Å². The number of hydrogen-bond acceptors (Lipinski definition) is 6. The van der Waals surface area contributed by atoms with Gasteiger partial charge in [0.2, 0.25) is 17.8 Å². The molecule has 0 spiro atoms. The molecule has 2 rings (SSSR count). The van der Waals surface area contributed by atoms with Crippen LogP contribution in [0, 0.1) is 5.92 Å². The van der Waals surface area contributed by atoms with E-state index in [4.69, 9.17) is 0 Å². The largest absolute Gasteiger partial charge is 0.357 e. The molecule has 0 aromatic carbocycles. The topological polar surface area (TPSA) is 66.0 Å². The van der Waals surface area contributed by atoms with Crippen LogP contribution in [0.1, 0.15) is 46.5 Å². The van der Waals surface area contributed by atoms with Crippen LogP contribution < -0.4 is 15.5 Å². The van der Waals surface area contributed by atoms with E-state index in [9.17, 15) is 0 Å². The van der Waals surface area contributed by atoms with Gasteiger partial charge in [0.25, 0.3) is 0 Å². The maximum absolute atomic E-state index is 4.59. The second kappa shape index (κ2) is 7.43. The number of nitrogens with one attached hydrogen (secondary N) is 2. The third kappa shape index (κ3) is 4.19. The van der Waals surface area contributed by atoms with Crippen molar-refractivity contribution in [2.45, 2.75) is 52.5 Å². The van der Waals surface area contributed by atoms with E-state index in [2.05, 4.69) is 51.3 Å². The Morgan fingerprint density at radius 1 is 1.00 bits per heavy atom. The van der Waals surface area contributed by atoms with E-state index in [1.807, 2.05) is 7.05 Å². The first-order valence-corrected chi connectivity index (χ1v) is 8.11. The van der Waals surface area contributed by atoms with Crippen molar-refractivity contribution in [3.05, 3.63) is 0 Å². The van der Waals surface area contributed by atoms with Gasteiger partial charge in [-0.2, -0.15) is 15.0 Å². The van der Waals surface area contributed by atoms with E-state index < -0.39 is 0 Å². The molecule has 1 aromatic heterocycles. The molecule has 1 aliphatic rings. The fraction of sp³-hybridized carbons (Fsp3) is 0.800. The monoisotopic (exact) mass is 292 g/mol. The quantitative estimate of drug-likeness (QED) is 0.840. The van der Waals surface area contributed by atoms with Crippen molar-refractivity contribution in [1.82, 2.24) is 15.0 Å². The highest BCUT2D eigenvalue weighted by atomic mass is 15.3. The van der Waals surface area contributed by atoms with E-state index in [0.717, 1.165) is 25.0 Å². The highest BCUT2D eigenvalue weighted by molar-refractivity contribution is 5.43. The molecule has 21 heavy (non-hydrogen) atoms. The van der Waals surface area contributed by atoms with Crippen LogP contribution >= 0.6 is 0 Å². The van der Waals surface area contributed by atoms with Gasteiger partial charge in [0, 0.05) is 26.2 Å². The molecule has 0 amide bonds. The normalized spacial score (nSPS) is 21.9. The third-order valence-corrected chi connectivity index (χ3v) is 4.24. The zero-order valence-electron chi connectivity index (χ0n) is 13.7. The Labute approximate surface area is 127 Å². The van der Waals surface area contributed by atoms with Gasteiger partial charge in [-0.1, -0.05) is 6.92 Å². The van der Waals surface area contributed by atoms with Gasteiger partial charge in [-0.25, -0.2) is 0 Å². The molecule has 0 bridgehead atoms. The van der Waals surface area contributed by atoms with Crippen LogP contribution in [0.4, 0.5) is 17.8 Å². The van der Waals surface area contributed by atoms with Gasteiger partial charge < -0.3 is 15.5 Å². The Morgan fingerprint density at radius 3 is 2.19 bits per heavy atom. The molecule has 6 nitrogen and oxygen atoms in total. The zero-order valence-corrected chi connectivity index (χ0v) is 13.7. The van der Waals surface area contributed by atoms with E-state index in [-0.39, 0.29) is 0 Å². The van der Waals surface area contributed by atoms with Crippen molar-refractivity contribution in [3.8, 4) is 0 Å². The van der Waals surface area contributed by atoms with Gasteiger partial charge in [-0.3, -0.25) is 0 Å². The lowest BCUT2D eigenvalue weighted by molar-refractivity contribution is 0.360. The molecule has 0 unspecified atom stereocenters. The summed E-state index contributed by atoms with van der Waals surface area (Å²) in [6.45, 7) is 8.34. The van der Waals surface area contributed by atoms with Crippen LogP contribution in [0.3, 0.4) is 0 Å². The number of hydrogen-bond donors (Lipinski definition) is 2. The summed E-state index contributed by atoms with van der Waals surface area (Å²) in [5.74, 6) is 2.90. The molecular formula is C15H28N6. The van der Waals surface area contributed by atoms with Crippen molar-refractivity contribution in [3.63, 3.8) is 0 Å². The standard InChI is InChI=1S/C15H28N6/c1-5-21(6-2)15-19-13(16-4)18-14(20-15)17-12-9-7-11(3)8-10-12/h11-12H,5-10H2,1-4H3,(H2,16,17,18,19,20). The molecule has 0 radical (unpaired) electrons. The minimum Gasteiger partial charge on any atom is -0.357 e. The summed E-state index contributed by atoms with van der Waals surface area (Å²) in [5, 5.41) is 6.52. The molecule has 2 N–H and O–H groups in total. The van der Waals surface area contributed by atoms with Gasteiger partial charge in [-0.05, 0) is 45.4 Å². The number of rotatable bonds is 6. The van der Waals surface area contributed by atoms with Gasteiger partial charge in [-0.15, -0.1) is 0 Å². The molecule has 0 aliphatic heterocycles. The minimum atomic E-state index is 0.484. The molecule has 0 atom stereocenters. The number of nitrogens with zero attached hydrogens (tertiary/aromatic N) is 4. The Morgan fingerprint density at radius 2 is 1.62 bits per heavy atom. The third-order valence-electron chi connectivity index (χ3n) is 4.24. The van der Waals surface area contributed by atoms with E-state index in [1.165, 1.54) is 25.7 Å². The van der Waals surface area contributed by atoms with Crippen LogP contribution in [-0.4, -0.2) is 41.1 Å². The van der Waals surface area contributed by atoms with Gasteiger partial charge in [0.1, 0.15) is 0 Å². The smallest absolute Gasteiger partial charge is 0.231 e. The van der Waals surface area contributed by atoms with E-state index in [1.54, 1.807) is 0 Å². The lowest BCUT2D eigenvalue weighted by Gasteiger charge is -2.27. The predicted molar refractivity (Wildman–Crippen MR) is 88.0 cm³/mol. The summed E-state index contributed by atoms with van der Waals surface area (Å²) in [6.07, 6.45) is 4.96. The van der Waals surface area contributed by atoms with Crippen LogP contribution in [0.2, 0.25) is 0 Å². The Balaban J connectivity index is 2.12. The highest BCUT2D eigenvalue weighted by Crippen LogP contribution is 2.25. The summed E-state index contributed by atoms with van der Waals surface area (Å²) in [4.78, 5) is 15.6. The van der Waals surface area contributed by atoms with Crippen molar-refractivity contribution in [2.24, 2.45) is 5.92 Å². The molecular weight excluding hydrogens is 264 g/mol. The Kier molecular flexibility index (Phi) is 5.59. The second-order valence-electron chi connectivity index (χ2n) is 5.81. The van der Waals surface area contributed by atoms with Crippen molar-refractivity contribution in [2.75, 3.05) is 35.7 Å². The van der Waals surface area contributed by atoms with Crippen LogP contribution in [0.25, 0.3) is 0 Å². The lowest BCUT2D eigenvalue weighted by atomic mass is 9.87. The summed E-state index contributed by atoms with van der Waals surface area (Å²) >= 11 is 0. The number of aromatic nitrogens is 3. The molecule has 1 saturated carbocycles. The zero-order chi connectivity index (χ0) is 15.2. The summed E-state index contributed by atoms with van der Waals surface area (Å²) in [7, 11) is 1.84. The maximum Gasteiger partial charge on any atom is 0.231 e. The molecule has 1 aliphatic carbocycles. The van der Waals surface area contributed by atoms with Crippen LogP contribution in [0.15, 0.2) is 0 Å². The summed E-state index contributed by atoms with van der Waals surface area (Å²) in [6, 6.07) is 0.484. The first-order valence-electron chi connectivity index (χ1n) is 8.11. The fourth-order valence-corrected chi connectivity index (χ4v) is 2.78. The summed E-state index contributed by atoms with van der Waals surface area (Å²) in [5.41, 5.74) is 0. The lowest BCUT2D eigenvalue weighted by Crippen LogP contribution is -2.28. The van der Waals surface area contributed by atoms with Crippen LogP contribution in [0.5, 0.6) is 0 Å². The predicted octanol–water partition coefficient (Wildman–Crippen LogP) is 2.75. The van der Waals surface area contributed by atoms with Crippen molar-refractivity contribution >= 4 is 17.8 Å². The average Bonchev–Trinajstić information content (AvgIpc) is 2.50. The highest BCUT2D eigenvalue weighted by Gasteiger charge is 2.19. The van der Waals surface area contributed by atoms with Gasteiger partial charge in [0.15, 0.2) is 0 Å². The summed E-state index contributed by atoms with van der Waals surface area (Å²) < 4.78 is 0. The SMILES string of the molecule is CCN(CC)c1nc(NC)nc(NC2CCC(C)CC2)n1. The average molecular weight is 292 g/mol. The first kappa shape index (κ1) is 15.8. The van der Waals surface area contributed by atoms with Gasteiger partial charge >= 0.3 is 0 Å². The van der Waals surface area contributed by atoms with Crippen molar-refractivity contribution < 1.29 is 0 Å². The molecule has 1 heterocycles. The number of anilines is 3. The van der Waals surface area contributed by atoms with E-state index >= 15 is 0 Å². The van der Waals surface area contributed by atoms with E-state index in [0.29, 0.717) is 17.9 Å².